The molecule has 0 aliphatic carbocycles. The molecule has 4 aromatic carbocycles. The van der Waals surface area contributed by atoms with Crippen molar-refractivity contribution in [2.75, 3.05) is 0 Å². The first-order valence-electron chi connectivity index (χ1n) is 11.9. The van der Waals surface area contributed by atoms with Crippen LogP contribution < -0.4 is 14.2 Å². The van der Waals surface area contributed by atoms with Gasteiger partial charge < -0.3 is 14.2 Å². The van der Waals surface area contributed by atoms with E-state index in [0.717, 1.165) is 40.4 Å². The molecule has 0 aromatic heterocycles. The lowest BCUT2D eigenvalue weighted by molar-refractivity contribution is 0.281. The topological polar surface area (TPSA) is 27.7 Å². The van der Waals surface area contributed by atoms with E-state index in [1.807, 2.05) is 66.7 Å². The molecule has 0 aliphatic rings. The van der Waals surface area contributed by atoms with Crippen LogP contribution in [0.25, 0.3) is 0 Å². The van der Waals surface area contributed by atoms with Crippen molar-refractivity contribution in [2.45, 2.75) is 46.0 Å². The zero-order chi connectivity index (χ0) is 23.6. The van der Waals surface area contributed by atoms with Gasteiger partial charge in [0.25, 0.3) is 0 Å². The minimum atomic E-state index is 0.437. The van der Waals surface area contributed by atoms with Crippen LogP contribution in [0.5, 0.6) is 17.2 Å². The summed E-state index contributed by atoms with van der Waals surface area (Å²) in [5.41, 5.74) is 4.58. The van der Waals surface area contributed by atoms with Gasteiger partial charge in [-0.05, 0) is 58.9 Å². The van der Waals surface area contributed by atoms with Crippen molar-refractivity contribution in [3.63, 3.8) is 0 Å². The molecular weight excluding hydrogens is 420 g/mol. The standard InChI is InChI=1S/C31H32O3/c1-3-24(2)28-14-16-29(17-15-28)32-23-27-18-30(33-21-25-10-6-4-7-11-25)20-31(19-27)34-22-26-12-8-5-9-13-26/h4-20,24H,3,21-23H2,1-2H3. The Bertz CT molecular complexity index is 1080. The molecule has 0 aliphatic heterocycles. The predicted molar refractivity (Wildman–Crippen MR) is 137 cm³/mol. The minimum absolute atomic E-state index is 0.437. The van der Waals surface area contributed by atoms with Crippen LogP contribution in [0.4, 0.5) is 0 Å². The van der Waals surface area contributed by atoms with E-state index >= 15 is 0 Å². The van der Waals surface area contributed by atoms with Gasteiger partial charge in [-0.3, -0.25) is 0 Å². The summed E-state index contributed by atoms with van der Waals surface area (Å²) < 4.78 is 18.3. The van der Waals surface area contributed by atoms with Gasteiger partial charge in [-0.1, -0.05) is 86.6 Å². The summed E-state index contributed by atoms with van der Waals surface area (Å²) in [6, 6.07) is 34.7. The third-order valence-corrected chi connectivity index (χ3v) is 5.90. The van der Waals surface area contributed by atoms with Crippen LogP contribution in [0.2, 0.25) is 0 Å². The Balaban J connectivity index is 1.46. The van der Waals surface area contributed by atoms with Gasteiger partial charge >= 0.3 is 0 Å². The Morgan fingerprint density at radius 2 is 1.00 bits per heavy atom. The molecule has 0 saturated heterocycles. The molecule has 0 radical (unpaired) electrons. The zero-order valence-corrected chi connectivity index (χ0v) is 19.9. The second kappa shape index (κ2) is 11.9. The van der Waals surface area contributed by atoms with E-state index in [9.17, 15) is 0 Å². The molecule has 174 valence electrons. The lowest BCUT2D eigenvalue weighted by Gasteiger charge is -2.14. The Labute approximate surface area is 202 Å². The molecule has 34 heavy (non-hydrogen) atoms. The summed E-state index contributed by atoms with van der Waals surface area (Å²) in [7, 11) is 0. The number of hydrogen-bond acceptors (Lipinski definition) is 3. The van der Waals surface area contributed by atoms with Gasteiger partial charge in [-0.2, -0.15) is 0 Å². The van der Waals surface area contributed by atoms with Gasteiger partial charge in [0.05, 0.1) is 0 Å². The molecule has 1 atom stereocenters. The maximum Gasteiger partial charge on any atom is 0.123 e. The van der Waals surface area contributed by atoms with Crippen molar-refractivity contribution in [1.82, 2.24) is 0 Å². The molecular formula is C31H32O3. The normalized spacial score (nSPS) is 11.6. The fraction of sp³-hybridized carbons (Fsp3) is 0.226. The van der Waals surface area contributed by atoms with E-state index in [0.29, 0.717) is 25.7 Å². The van der Waals surface area contributed by atoms with Gasteiger partial charge in [-0.25, -0.2) is 0 Å². The molecule has 4 aromatic rings. The highest BCUT2D eigenvalue weighted by molar-refractivity contribution is 5.39. The average Bonchev–Trinajstić information content (AvgIpc) is 2.90. The van der Waals surface area contributed by atoms with Crippen LogP contribution in [-0.2, 0) is 19.8 Å². The largest absolute Gasteiger partial charge is 0.489 e. The van der Waals surface area contributed by atoms with Gasteiger partial charge in [0.2, 0.25) is 0 Å². The maximum absolute atomic E-state index is 6.10. The van der Waals surface area contributed by atoms with E-state index < -0.39 is 0 Å². The Morgan fingerprint density at radius 3 is 1.50 bits per heavy atom. The molecule has 0 saturated carbocycles. The Hall–Kier alpha value is -3.72. The highest BCUT2D eigenvalue weighted by Gasteiger charge is 2.07. The second-order valence-electron chi connectivity index (χ2n) is 8.53. The summed E-state index contributed by atoms with van der Waals surface area (Å²) in [6.45, 7) is 5.89. The Kier molecular flexibility index (Phi) is 8.23. The van der Waals surface area contributed by atoms with E-state index in [2.05, 4.69) is 50.2 Å². The molecule has 3 nitrogen and oxygen atoms in total. The summed E-state index contributed by atoms with van der Waals surface area (Å²) >= 11 is 0. The minimum Gasteiger partial charge on any atom is -0.489 e. The molecule has 0 fully saturated rings. The quantitative estimate of drug-likeness (QED) is 0.231. The number of hydrogen-bond donors (Lipinski definition) is 0. The van der Waals surface area contributed by atoms with E-state index in [1.165, 1.54) is 5.56 Å². The van der Waals surface area contributed by atoms with E-state index in [-0.39, 0.29) is 0 Å². The monoisotopic (exact) mass is 452 g/mol. The highest BCUT2D eigenvalue weighted by Crippen LogP contribution is 2.27. The summed E-state index contributed by atoms with van der Waals surface area (Å²) in [6.07, 6.45) is 1.13. The Morgan fingerprint density at radius 1 is 0.529 bits per heavy atom. The molecule has 1 unspecified atom stereocenters. The average molecular weight is 453 g/mol. The van der Waals surface area contributed by atoms with Gasteiger partial charge in [0, 0.05) is 6.07 Å². The van der Waals surface area contributed by atoms with Crippen LogP contribution in [0.1, 0.15) is 48.4 Å². The summed E-state index contributed by atoms with van der Waals surface area (Å²) in [5.74, 6) is 2.94. The van der Waals surface area contributed by atoms with Crippen molar-refractivity contribution in [1.29, 1.82) is 0 Å². The van der Waals surface area contributed by atoms with Crippen LogP contribution in [0.3, 0.4) is 0 Å². The molecule has 0 amide bonds. The smallest absolute Gasteiger partial charge is 0.123 e. The van der Waals surface area contributed by atoms with Crippen LogP contribution in [-0.4, -0.2) is 0 Å². The fourth-order valence-electron chi connectivity index (χ4n) is 3.66. The fourth-order valence-corrected chi connectivity index (χ4v) is 3.66. The summed E-state index contributed by atoms with van der Waals surface area (Å²) in [4.78, 5) is 0. The summed E-state index contributed by atoms with van der Waals surface area (Å²) in [5, 5.41) is 0. The molecule has 0 N–H and O–H groups in total. The highest BCUT2D eigenvalue weighted by atomic mass is 16.5. The third-order valence-electron chi connectivity index (χ3n) is 5.90. The molecule has 0 heterocycles. The lowest BCUT2D eigenvalue weighted by atomic mass is 9.99. The zero-order valence-electron chi connectivity index (χ0n) is 19.9. The van der Waals surface area contributed by atoms with E-state index in [4.69, 9.17) is 14.2 Å². The maximum atomic E-state index is 6.10. The first-order valence-corrected chi connectivity index (χ1v) is 11.9. The molecule has 4 rings (SSSR count). The SMILES string of the molecule is CCC(C)c1ccc(OCc2cc(OCc3ccccc3)cc(OCc3ccccc3)c2)cc1. The van der Waals surface area contributed by atoms with Crippen LogP contribution in [0, 0.1) is 0 Å². The third kappa shape index (κ3) is 6.89. The van der Waals surface area contributed by atoms with E-state index in [1.54, 1.807) is 0 Å². The molecule has 0 spiro atoms. The van der Waals surface area contributed by atoms with Crippen molar-refractivity contribution < 1.29 is 14.2 Å². The number of rotatable bonds is 11. The van der Waals surface area contributed by atoms with Crippen LogP contribution in [0.15, 0.2) is 103 Å². The first-order chi connectivity index (χ1) is 16.7. The van der Waals surface area contributed by atoms with Crippen LogP contribution >= 0.6 is 0 Å². The second-order valence-corrected chi connectivity index (χ2v) is 8.53. The predicted octanol–water partition coefficient (Wildman–Crippen LogP) is 7.94. The van der Waals surface area contributed by atoms with Crippen molar-refractivity contribution in [3.05, 3.63) is 125 Å². The lowest BCUT2D eigenvalue weighted by Crippen LogP contribution is -2.01. The van der Waals surface area contributed by atoms with Crippen molar-refractivity contribution >= 4 is 0 Å². The number of benzene rings is 4. The molecule has 0 bridgehead atoms. The van der Waals surface area contributed by atoms with Crippen molar-refractivity contribution in [3.8, 4) is 17.2 Å². The first kappa shape index (κ1) is 23.4. The van der Waals surface area contributed by atoms with Gasteiger partial charge in [-0.15, -0.1) is 0 Å². The number of ether oxygens (including phenoxy) is 3. The van der Waals surface area contributed by atoms with Gasteiger partial charge in [0.15, 0.2) is 0 Å². The molecule has 3 heteroatoms. The van der Waals surface area contributed by atoms with Crippen molar-refractivity contribution in [2.24, 2.45) is 0 Å². The van der Waals surface area contributed by atoms with Gasteiger partial charge in [0.1, 0.15) is 37.1 Å².